The van der Waals surface area contributed by atoms with Gasteiger partial charge in [0, 0.05) is 24.5 Å². The van der Waals surface area contributed by atoms with E-state index in [2.05, 4.69) is 16.3 Å². The Bertz CT molecular complexity index is 1190. The summed E-state index contributed by atoms with van der Waals surface area (Å²) in [6, 6.07) is 19.7. The number of aromatic nitrogens is 3. The van der Waals surface area contributed by atoms with Crippen LogP contribution >= 0.6 is 0 Å². The highest BCUT2D eigenvalue weighted by molar-refractivity contribution is 6.00. The molecule has 150 valence electrons. The molecule has 6 heteroatoms. The predicted octanol–water partition coefficient (Wildman–Crippen LogP) is 5.23. The van der Waals surface area contributed by atoms with E-state index >= 15 is 0 Å². The van der Waals surface area contributed by atoms with Crippen LogP contribution in [-0.4, -0.2) is 21.0 Å². The number of nitrogens with one attached hydrogen (secondary N) is 1. The number of carbonyl (C=O) groups is 1. The lowest BCUT2D eigenvalue weighted by atomic mass is 9.85. The standard InChI is InChI=1S/C24H22N4O2/c25-23-22-20(15-8-12-19(13-9-15)30-18-4-2-1-3-5-18)14-21(26-24(22)28-27-23)16-6-10-17(29)11-7-16/h1-5,8-9,12-14,16H,6-7,10-11H2,(H3,25,26,27,28). The van der Waals surface area contributed by atoms with Crippen molar-refractivity contribution in [2.24, 2.45) is 0 Å². The molecule has 30 heavy (non-hydrogen) atoms. The molecule has 5 rings (SSSR count). The van der Waals surface area contributed by atoms with E-state index in [1.54, 1.807) is 0 Å². The minimum Gasteiger partial charge on any atom is -0.457 e. The molecule has 0 amide bonds. The number of pyridine rings is 1. The van der Waals surface area contributed by atoms with Crippen molar-refractivity contribution in [3.05, 3.63) is 66.4 Å². The lowest BCUT2D eigenvalue weighted by Gasteiger charge is -2.21. The fourth-order valence-electron chi connectivity index (χ4n) is 4.07. The molecule has 1 aliphatic rings. The summed E-state index contributed by atoms with van der Waals surface area (Å²) < 4.78 is 5.91. The molecular formula is C24H22N4O2. The van der Waals surface area contributed by atoms with Crippen molar-refractivity contribution >= 4 is 22.6 Å². The monoisotopic (exact) mass is 398 g/mol. The van der Waals surface area contributed by atoms with Gasteiger partial charge in [0.05, 0.1) is 5.39 Å². The summed E-state index contributed by atoms with van der Waals surface area (Å²) >= 11 is 0. The third-order valence-electron chi connectivity index (χ3n) is 5.68. The van der Waals surface area contributed by atoms with Gasteiger partial charge in [0.25, 0.3) is 0 Å². The molecule has 1 aliphatic carbocycles. The molecule has 0 unspecified atom stereocenters. The second-order valence-corrected chi connectivity index (χ2v) is 7.68. The normalized spacial score (nSPS) is 14.9. The molecule has 2 aromatic heterocycles. The van der Waals surface area contributed by atoms with Crippen LogP contribution in [0.2, 0.25) is 0 Å². The van der Waals surface area contributed by atoms with Crippen LogP contribution in [0.1, 0.15) is 37.3 Å². The molecule has 1 saturated carbocycles. The van der Waals surface area contributed by atoms with Gasteiger partial charge in [-0.2, -0.15) is 5.10 Å². The third kappa shape index (κ3) is 3.52. The summed E-state index contributed by atoms with van der Waals surface area (Å²) in [5.41, 5.74) is 9.82. The fraction of sp³-hybridized carbons (Fsp3) is 0.208. The minimum absolute atomic E-state index is 0.274. The van der Waals surface area contributed by atoms with Crippen molar-refractivity contribution in [1.82, 2.24) is 15.2 Å². The van der Waals surface area contributed by atoms with E-state index < -0.39 is 0 Å². The van der Waals surface area contributed by atoms with Gasteiger partial charge < -0.3 is 10.5 Å². The summed E-state index contributed by atoms with van der Waals surface area (Å²) in [7, 11) is 0. The van der Waals surface area contributed by atoms with Crippen LogP contribution in [0.5, 0.6) is 11.5 Å². The van der Waals surface area contributed by atoms with E-state index in [1.165, 1.54) is 0 Å². The molecule has 3 N–H and O–H groups in total. The quantitative estimate of drug-likeness (QED) is 0.491. The zero-order valence-corrected chi connectivity index (χ0v) is 16.5. The van der Waals surface area contributed by atoms with Crippen molar-refractivity contribution in [1.29, 1.82) is 0 Å². The lowest BCUT2D eigenvalue weighted by molar-refractivity contribution is -0.120. The van der Waals surface area contributed by atoms with Crippen LogP contribution in [0.4, 0.5) is 5.82 Å². The van der Waals surface area contributed by atoms with Crippen LogP contribution in [0, 0.1) is 0 Å². The van der Waals surface area contributed by atoms with E-state index in [4.69, 9.17) is 15.5 Å². The second kappa shape index (κ2) is 7.63. The van der Waals surface area contributed by atoms with Crippen LogP contribution in [0.3, 0.4) is 0 Å². The topological polar surface area (TPSA) is 93.9 Å². The Hall–Kier alpha value is -3.67. The number of fused-ring (bicyclic) bond motifs is 1. The number of nitrogens with two attached hydrogens (primary N) is 1. The minimum atomic E-state index is 0.274. The van der Waals surface area contributed by atoms with Crippen LogP contribution in [0.15, 0.2) is 60.7 Å². The van der Waals surface area contributed by atoms with Crippen LogP contribution in [-0.2, 0) is 4.79 Å². The highest BCUT2D eigenvalue weighted by Crippen LogP contribution is 2.37. The maximum Gasteiger partial charge on any atom is 0.158 e. The highest BCUT2D eigenvalue weighted by Gasteiger charge is 2.23. The summed E-state index contributed by atoms with van der Waals surface area (Å²) in [5.74, 6) is 2.61. The Morgan fingerprint density at radius 2 is 1.67 bits per heavy atom. The van der Waals surface area contributed by atoms with Gasteiger partial charge in [-0.3, -0.25) is 9.89 Å². The number of H-pyrrole nitrogens is 1. The first-order chi connectivity index (χ1) is 14.7. The van der Waals surface area contributed by atoms with Crippen molar-refractivity contribution < 1.29 is 9.53 Å². The molecular weight excluding hydrogens is 376 g/mol. The average molecular weight is 398 g/mol. The molecule has 6 nitrogen and oxygen atoms in total. The lowest BCUT2D eigenvalue weighted by Crippen LogP contribution is -2.13. The van der Waals surface area contributed by atoms with Gasteiger partial charge in [0.1, 0.15) is 17.3 Å². The summed E-state index contributed by atoms with van der Waals surface area (Å²) in [4.78, 5) is 16.4. The molecule has 4 aromatic rings. The molecule has 0 radical (unpaired) electrons. The maximum absolute atomic E-state index is 11.6. The largest absolute Gasteiger partial charge is 0.457 e. The Morgan fingerprint density at radius 3 is 2.40 bits per heavy atom. The van der Waals surface area contributed by atoms with Crippen LogP contribution in [0.25, 0.3) is 22.2 Å². The van der Waals surface area contributed by atoms with Crippen molar-refractivity contribution in [3.8, 4) is 22.6 Å². The predicted molar refractivity (Wildman–Crippen MR) is 116 cm³/mol. The Kier molecular flexibility index (Phi) is 4.67. The van der Waals surface area contributed by atoms with Gasteiger partial charge in [0.15, 0.2) is 11.5 Å². The number of anilines is 1. The highest BCUT2D eigenvalue weighted by atomic mass is 16.5. The fourth-order valence-corrected chi connectivity index (χ4v) is 4.07. The second-order valence-electron chi connectivity index (χ2n) is 7.68. The number of aromatic amines is 1. The van der Waals surface area contributed by atoms with Gasteiger partial charge in [-0.1, -0.05) is 30.3 Å². The molecule has 2 heterocycles. The van der Waals surface area contributed by atoms with Crippen molar-refractivity contribution in [2.45, 2.75) is 31.6 Å². The zero-order valence-electron chi connectivity index (χ0n) is 16.5. The number of nitrogen functional groups attached to an aromatic ring is 1. The smallest absolute Gasteiger partial charge is 0.158 e. The summed E-state index contributed by atoms with van der Waals surface area (Å²) in [5, 5.41) is 7.94. The van der Waals surface area contributed by atoms with E-state index in [0.29, 0.717) is 30.1 Å². The van der Waals surface area contributed by atoms with Crippen molar-refractivity contribution in [3.63, 3.8) is 0 Å². The number of nitrogens with zero attached hydrogens (tertiary/aromatic N) is 2. The van der Waals surface area contributed by atoms with E-state index in [1.807, 2.05) is 54.6 Å². The number of hydrogen-bond donors (Lipinski definition) is 2. The molecule has 0 saturated heterocycles. The molecule has 0 atom stereocenters. The van der Waals surface area contributed by atoms with Gasteiger partial charge in [-0.25, -0.2) is 4.98 Å². The molecule has 2 aromatic carbocycles. The number of hydrogen-bond acceptors (Lipinski definition) is 5. The molecule has 0 spiro atoms. The number of rotatable bonds is 4. The summed E-state index contributed by atoms with van der Waals surface area (Å²) in [6.07, 6.45) is 2.92. The third-order valence-corrected chi connectivity index (χ3v) is 5.68. The molecule has 0 bridgehead atoms. The molecule has 0 aliphatic heterocycles. The van der Waals surface area contributed by atoms with E-state index in [9.17, 15) is 4.79 Å². The number of benzene rings is 2. The maximum atomic E-state index is 11.6. The SMILES string of the molecule is Nc1n[nH]c2nc(C3CCC(=O)CC3)cc(-c3ccc(Oc4ccccc4)cc3)c12. The Labute approximate surface area is 174 Å². The first-order valence-electron chi connectivity index (χ1n) is 10.2. The summed E-state index contributed by atoms with van der Waals surface area (Å²) in [6.45, 7) is 0. The van der Waals surface area contributed by atoms with Gasteiger partial charge in [0.2, 0.25) is 0 Å². The van der Waals surface area contributed by atoms with E-state index in [-0.39, 0.29) is 5.92 Å². The first-order valence-corrected chi connectivity index (χ1v) is 10.2. The van der Waals surface area contributed by atoms with Gasteiger partial charge in [-0.15, -0.1) is 0 Å². The first kappa shape index (κ1) is 18.4. The van der Waals surface area contributed by atoms with Gasteiger partial charge >= 0.3 is 0 Å². The average Bonchev–Trinajstić information content (AvgIpc) is 3.16. The zero-order chi connectivity index (χ0) is 20.5. The van der Waals surface area contributed by atoms with Crippen molar-refractivity contribution in [2.75, 3.05) is 5.73 Å². The number of Topliss-reactive ketones (excluding diaryl/α,β-unsaturated/α-hetero) is 1. The number of ketones is 1. The number of ether oxygens (including phenoxy) is 1. The van der Waals surface area contributed by atoms with Crippen LogP contribution < -0.4 is 10.5 Å². The Balaban J connectivity index is 1.51. The Morgan fingerprint density at radius 1 is 0.967 bits per heavy atom. The molecule has 1 fully saturated rings. The van der Waals surface area contributed by atoms with E-state index in [0.717, 1.165) is 46.5 Å². The number of carbonyl (C=O) groups excluding carboxylic acids is 1. The number of para-hydroxylation sites is 1. The van der Waals surface area contributed by atoms with Gasteiger partial charge in [-0.05, 0) is 54.3 Å².